The minimum absolute atomic E-state index is 0.423. The summed E-state index contributed by atoms with van der Waals surface area (Å²) >= 11 is 0. The number of hydrogen-bond donors (Lipinski definition) is 1. The summed E-state index contributed by atoms with van der Waals surface area (Å²) in [5, 5.41) is 3.76. The van der Waals surface area contributed by atoms with Crippen molar-refractivity contribution in [2.45, 2.75) is 84.5 Å². The van der Waals surface area contributed by atoms with Crippen LogP contribution < -0.4 is 5.32 Å². The van der Waals surface area contributed by atoms with Gasteiger partial charge < -0.3 is 10.1 Å². The molecule has 3 atom stereocenters. The van der Waals surface area contributed by atoms with Gasteiger partial charge in [0.05, 0.1) is 12.2 Å². The molecule has 1 aliphatic rings. The first-order valence-corrected chi connectivity index (χ1v) is 7.54. The van der Waals surface area contributed by atoms with Crippen molar-refractivity contribution in [3.05, 3.63) is 0 Å². The predicted octanol–water partition coefficient (Wildman–Crippen LogP) is 3.75. The van der Waals surface area contributed by atoms with E-state index in [1.165, 1.54) is 45.1 Å². The van der Waals surface area contributed by atoms with Crippen molar-refractivity contribution in [3.8, 4) is 0 Å². The van der Waals surface area contributed by atoms with Gasteiger partial charge in [-0.2, -0.15) is 0 Å². The SMILES string of the molecule is CCCCC(CC)CNC1CC(C)OC(C)C1. The van der Waals surface area contributed by atoms with Crippen LogP contribution in [0.3, 0.4) is 0 Å². The van der Waals surface area contributed by atoms with Crippen LogP contribution in [0.4, 0.5) is 0 Å². The lowest BCUT2D eigenvalue weighted by atomic mass is 9.96. The summed E-state index contributed by atoms with van der Waals surface area (Å²) in [7, 11) is 0. The maximum absolute atomic E-state index is 5.77. The molecular weight excluding hydrogens is 210 g/mol. The van der Waals surface area contributed by atoms with Crippen LogP contribution in [0.15, 0.2) is 0 Å². The van der Waals surface area contributed by atoms with Crippen LogP contribution in [-0.2, 0) is 4.74 Å². The first kappa shape index (κ1) is 15.0. The van der Waals surface area contributed by atoms with Gasteiger partial charge in [-0.15, -0.1) is 0 Å². The molecule has 0 bridgehead atoms. The molecule has 0 amide bonds. The first-order valence-electron chi connectivity index (χ1n) is 7.54. The molecule has 1 rings (SSSR count). The predicted molar refractivity (Wildman–Crippen MR) is 74.3 cm³/mol. The van der Waals surface area contributed by atoms with Crippen molar-refractivity contribution < 1.29 is 4.74 Å². The quantitative estimate of drug-likeness (QED) is 0.733. The molecule has 1 aliphatic heterocycles. The van der Waals surface area contributed by atoms with Crippen molar-refractivity contribution in [1.29, 1.82) is 0 Å². The van der Waals surface area contributed by atoms with Crippen LogP contribution in [0.5, 0.6) is 0 Å². The fourth-order valence-corrected chi connectivity index (χ4v) is 2.85. The second-order valence-electron chi connectivity index (χ2n) is 5.75. The van der Waals surface area contributed by atoms with Crippen molar-refractivity contribution in [1.82, 2.24) is 5.32 Å². The number of nitrogens with one attached hydrogen (secondary N) is 1. The standard InChI is InChI=1S/C15H31NO/c1-5-7-8-14(6-2)11-16-15-9-12(3)17-13(4)10-15/h12-16H,5-11H2,1-4H3. The van der Waals surface area contributed by atoms with E-state index in [-0.39, 0.29) is 0 Å². The number of hydrogen-bond acceptors (Lipinski definition) is 2. The molecule has 3 unspecified atom stereocenters. The molecule has 0 radical (unpaired) electrons. The lowest BCUT2D eigenvalue weighted by Crippen LogP contribution is -2.42. The summed E-state index contributed by atoms with van der Waals surface area (Å²) in [5.74, 6) is 0.864. The average Bonchev–Trinajstić information content (AvgIpc) is 2.28. The third-order valence-electron chi connectivity index (χ3n) is 3.94. The Hall–Kier alpha value is -0.0800. The summed E-state index contributed by atoms with van der Waals surface area (Å²) in [6.45, 7) is 10.2. The van der Waals surface area contributed by atoms with Gasteiger partial charge in [0.1, 0.15) is 0 Å². The van der Waals surface area contributed by atoms with Gasteiger partial charge in [-0.05, 0) is 45.6 Å². The zero-order chi connectivity index (χ0) is 12.7. The van der Waals surface area contributed by atoms with E-state index in [0.29, 0.717) is 18.2 Å². The largest absolute Gasteiger partial charge is 0.375 e. The third kappa shape index (κ3) is 5.87. The molecule has 2 heteroatoms. The summed E-state index contributed by atoms with van der Waals surface area (Å²) < 4.78 is 5.77. The Bertz CT molecular complexity index is 185. The second kappa shape index (κ2) is 8.10. The van der Waals surface area contributed by atoms with E-state index in [2.05, 4.69) is 33.0 Å². The van der Waals surface area contributed by atoms with Crippen molar-refractivity contribution >= 4 is 0 Å². The molecular formula is C15H31NO. The zero-order valence-corrected chi connectivity index (χ0v) is 12.2. The van der Waals surface area contributed by atoms with Crippen molar-refractivity contribution in [2.24, 2.45) is 5.92 Å². The van der Waals surface area contributed by atoms with Gasteiger partial charge in [0.2, 0.25) is 0 Å². The minimum atomic E-state index is 0.423. The third-order valence-corrected chi connectivity index (χ3v) is 3.94. The highest BCUT2D eigenvalue weighted by atomic mass is 16.5. The maximum Gasteiger partial charge on any atom is 0.0565 e. The Kier molecular flexibility index (Phi) is 7.14. The van der Waals surface area contributed by atoms with Gasteiger partial charge in [-0.25, -0.2) is 0 Å². The molecule has 17 heavy (non-hydrogen) atoms. The molecule has 0 aliphatic carbocycles. The summed E-state index contributed by atoms with van der Waals surface area (Å²) in [4.78, 5) is 0. The van der Waals surface area contributed by atoms with Crippen LogP contribution in [0, 0.1) is 5.92 Å². The fourth-order valence-electron chi connectivity index (χ4n) is 2.85. The summed E-state index contributed by atoms with van der Waals surface area (Å²) in [6, 6.07) is 0.671. The molecule has 0 saturated carbocycles. The molecule has 1 N–H and O–H groups in total. The zero-order valence-electron chi connectivity index (χ0n) is 12.2. The molecule has 0 aromatic rings. The molecule has 102 valence electrons. The van der Waals surface area contributed by atoms with Gasteiger partial charge in [0, 0.05) is 6.04 Å². The second-order valence-corrected chi connectivity index (χ2v) is 5.75. The highest BCUT2D eigenvalue weighted by Crippen LogP contribution is 2.20. The monoisotopic (exact) mass is 241 g/mol. The van der Waals surface area contributed by atoms with E-state index in [9.17, 15) is 0 Å². The fraction of sp³-hybridized carbons (Fsp3) is 1.00. The molecule has 2 nitrogen and oxygen atoms in total. The van der Waals surface area contributed by atoms with Gasteiger partial charge in [-0.3, -0.25) is 0 Å². The lowest BCUT2D eigenvalue weighted by molar-refractivity contribution is -0.0425. The average molecular weight is 241 g/mol. The van der Waals surface area contributed by atoms with Gasteiger partial charge in [-0.1, -0.05) is 33.1 Å². The topological polar surface area (TPSA) is 21.3 Å². The van der Waals surface area contributed by atoms with Crippen LogP contribution in [-0.4, -0.2) is 24.8 Å². The Morgan fingerprint density at radius 1 is 1.18 bits per heavy atom. The number of ether oxygens (including phenoxy) is 1. The van der Waals surface area contributed by atoms with E-state index in [4.69, 9.17) is 4.74 Å². The smallest absolute Gasteiger partial charge is 0.0565 e. The summed E-state index contributed by atoms with van der Waals surface area (Å²) in [6.07, 6.45) is 8.58. The Morgan fingerprint density at radius 3 is 2.35 bits per heavy atom. The van der Waals surface area contributed by atoms with E-state index < -0.39 is 0 Å². The molecule has 0 aromatic heterocycles. The molecule has 0 aromatic carbocycles. The highest BCUT2D eigenvalue weighted by molar-refractivity contribution is 4.79. The van der Waals surface area contributed by atoms with Crippen molar-refractivity contribution in [2.75, 3.05) is 6.54 Å². The molecule has 1 fully saturated rings. The molecule has 0 spiro atoms. The van der Waals surface area contributed by atoms with E-state index in [1.807, 2.05) is 0 Å². The highest BCUT2D eigenvalue weighted by Gasteiger charge is 2.24. The van der Waals surface area contributed by atoms with Crippen LogP contribution in [0.1, 0.15) is 66.2 Å². The maximum atomic E-state index is 5.77. The van der Waals surface area contributed by atoms with Crippen molar-refractivity contribution in [3.63, 3.8) is 0 Å². The van der Waals surface area contributed by atoms with Gasteiger partial charge in [0.15, 0.2) is 0 Å². The van der Waals surface area contributed by atoms with E-state index >= 15 is 0 Å². The number of unbranched alkanes of at least 4 members (excludes halogenated alkanes) is 1. The first-order chi connectivity index (χ1) is 8.15. The Morgan fingerprint density at radius 2 is 1.82 bits per heavy atom. The summed E-state index contributed by atoms with van der Waals surface area (Å²) in [5.41, 5.74) is 0. The Balaban J connectivity index is 2.23. The Labute approximate surface area is 108 Å². The molecule has 1 heterocycles. The van der Waals surface area contributed by atoms with Gasteiger partial charge >= 0.3 is 0 Å². The van der Waals surface area contributed by atoms with Crippen LogP contribution >= 0.6 is 0 Å². The minimum Gasteiger partial charge on any atom is -0.375 e. The van der Waals surface area contributed by atoms with E-state index in [1.54, 1.807) is 0 Å². The molecule has 1 saturated heterocycles. The normalized spacial score (nSPS) is 31.4. The van der Waals surface area contributed by atoms with Gasteiger partial charge in [0.25, 0.3) is 0 Å². The van der Waals surface area contributed by atoms with E-state index in [0.717, 1.165) is 5.92 Å². The lowest BCUT2D eigenvalue weighted by Gasteiger charge is -2.33. The van der Waals surface area contributed by atoms with Crippen LogP contribution in [0.2, 0.25) is 0 Å². The number of rotatable bonds is 7. The van der Waals surface area contributed by atoms with Crippen LogP contribution in [0.25, 0.3) is 0 Å².